The predicted octanol–water partition coefficient (Wildman–Crippen LogP) is 5.06. The summed E-state index contributed by atoms with van der Waals surface area (Å²) < 4.78 is 16.5. The van der Waals surface area contributed by atoms with Crippen molar-refractivity contribution >= 4 is 41.1 Å². The van der Waals surface area contributed by atoms with Gasteiger partial charge in [-0.15, -0.1) is 23.5 Å². The van der Waals surface area contributed by atoms with E-state index in [4.69, 9.17) is 25.8 Å². The Bertz CT molecular complexity index is 776. The SMILES string of the molecule is COc1cc(C2SCCS2)ccc1OC(=O)c1cc(Cl)ccc1OC. The number of carbonyl (C=O) groups is 1. The van der Waals surface area contributed by atoms with E-state index in [0.717, 1.165) is 17.1 Å². The third-order valence-electron chi connectivity index (χ3n) is 3.67. The largest absolute Gasteiger partial charge is 0.496 e. The molecule has 0 saturated carbocycles. The lowest BCUT2D eigenvalue weighted by molar-refractivity contribution is 0.0726. The lowest BCUT2D eigenvalue weighted by Gasteiger charge is -2.14. The Balaban J connectivity index is 1.84. The van der Waals surface area contributed by atoms with Gasteiger partial charge in [-0.05, 0) is 35.9 Å². The van der Waals surface area contributed by atoms with E-state index in [-0.39, 0.29) is 5.56 Å². The Hall–Kier alpha value is -1.50. The van der Waals surface area contributed by atoms with Crippen LogP contribution in [0, 0.1) is 0 Å². The molecule has 7 heteroatoms. The zero-order valence-electron chi connectivity index (χ0n) is 13.8. The van der Waals surface area contributed by atoms with Crippen LogP contribution in [0.2, 0.25) is 5.02 Å². The van der Waals surface area contributed by atoms with Gasteiger partial charge in [-0.25, -0.2) is 4.79 Å². The van der Waals surface area contributed by atoms with Gasteiger partial charge >= 0.3 is 5.97 Å². The molecule has 3 rings (SSSR count). The Morgan fingerprint density at radius 2 is 1.68 bits per heavy atom. The molecule has 4 nitrogen and oxygen atoms in total. The molecular formula is C18H17ClO4S2. The first kappa shape index (κ1) is 18.3. The Morgan fingerprint density at radius 1 is 1.00 bits per heavy atom. The van der Waals surface area contributed by atoms with Gasteiger partial charge in [-0.2, -0.15) is 0 Å². The Labute approximate surface area is 160 Å². The third kappa shape index (κ3) is 4.19. The highest BCUT2D eigenvalue weighted by molar-refractivity contribution is 8.19. The summed E-state index contributed by atoms with van der Waals surface area (Å²) in [7, 11) is 3.05. The minimum Gasteiger partial charge on any atom is -0.496 e. The molecule has 0 aromatic heterocycles. The van der Waals surface area contributed by atoms with Crippen molar-refractivity contribution in [1.29, 1.82) is 0 Å². The molecule has 132 valence electrons. The van der Waals surface area contributed by atoms with Crippen molar-refractivity contribution in [2.45, 2.75) is 4.58 Å². The quantitative estimate of drug-likeness (QED) is 0.520. The molecular weight excluding hydrogens is 380 g/mol. The van der Waals surface area contributed by atoms with E-state index in [0.29, 0.717) is 26.9 Å². The maximum atomic E-state index is 12.5. The van der Waals surface area contributed by atoms with Gasteiger partial charge in [0, 0.05) is 16.5 Å². The predicted molar refractivity (Wildman–Crippen MR) is 104 cm³/mol. The van der Waals surface area contributed by atoms with Gasteiger partial charge in [-0.3, -0.25) is 0 Å². The minimum absolute atomic E-state index is 0.267. The number of rotatable bonds is 5. The van der Waals surface area contributed by atoms with E-state index >= 15 is 0 Å². The van der Waals surface area contributed by atoms with Crippen LogP contribution in [0.25, 0.3) is 0 Å². The molecule has 0 unspecified atom stereocenters. The van der Waals surface area contributed by atoms with Crippen molar-refractivity contribution in [1.82, 2.24) is 0 Å². The standard InChI is InChI=1S/C18H17ClO4S2/c1-21-14-6-4-12(19)10-13(14)17(20)23-15-5-3-11(9-16(15)22-2)18-24-7-8-25-18/h3-6,9-10,18H,7-8H2,1-2H3. The van der Waals surface area contributed by atoms with Crippen molar-refractivity contribution in [2.24, 2.45) is 0 Å². The summed E-state index contributed by atoms with van der Waals surface area (Å²) in [5, 5.41) is 0.436. The number of hydrogen-bond acceptors (Lipinski definition) is 6. The normalized spacial score (nSPS) is 14.4. The zero-order chi connectivity index (χ0) is 17.8. The summed E-state index contributed by atoms with van der Waals surface area (Å²) in [5.41, 5.74) is 1.42. The van der Waals surface area contributed by atoms with Crippen LogP contribution in [0.4, 0.5) is 0 Å². The maximum Gasteiger partial charge on any atom is 0.347 e. The van der Waals surface area contributed by atoms with Crippen LogP contribution in [0.3, 0.4) is 0 Å². The number of esters is 1. The molecule has 25 heavy (non-hydrogen) atoms. The van der Waals surface area contributed by atoms with Crippen LogP contribution < -0.4 is 14.2 Å². The fourth-order valence-corrected chi connectivity index (χ4v) is 5.47. The molecule has 1 aliphatic rings. The summed E-state index contributed by atoms with van der Waals surface area (Å²) in [5.74, 6) is 3.04. The smallest absolute Gasteiger partial charge is 0.347 e. The molecule has 2 aromatic carbocycles. The number of thioether (sulfide) groups is 2. The molecule has 0 N–H and O–H groups in total. The number of benzene rings is 2. The van der Waals surface area contributed by atoms with Crippen molar-refractivity contribution in [3.05, 3.63) is 52.5 Å². The zero-order valence-corrected chi connectivity index (χ0v) is 16.2. The summed E-state index contributed by atoms with van der Waals surface area (Å²) in [4.78, 5) is 12.5. The maximum absolute atomic E-state index is 12.5. The van der Waals surface area contributed by atoms with Crippen LogP contribution in [-0.2, 0) is 0 Å². The van der Waals surface area contributed by atoms with E-state index in [1.54, 1.807) is 25.3 Å². The molecule has 1 saturated heterocycles. The number of methoxy groups -OCH3 is 2. The van der Waals surface area contributed by atoms with Gasteiger partial charge in [0.15, 0.2) is 11.5 Å². The van der Waals surface area contributed by atoms with E-state index < -0.39 is 5.97 Å². The molecule has 0 spiro atoms. The second kappa shape index (κ2) is 8.25. The molecule has 1 aliphatic heterocycles. The van der Waals surface area contributed by atoms with E-state index in [2.05, 4.69) is 0 Å². The molecule has 0 amide bonds. The van der Waals surface area contributed by atoms with Crippen LogP contribution in [-0.4, -0.2) is 31.7 Å². The highest BCUT2D eigenvalue weighted by Crippen LogP contribution is 2.47. The highest BCUT2D eigenvalue weighted by atomic mass is 35.5. The van der Waals surface area contributed by atoms with Crippen LogP contribution >= 0.6 is 35.1 Å². The fraction of sp³-hybridized carbons (Fsp3) is 0.278. The summed E-state index contributed by atoms with van der Waals surface area (Å²) in [6.07, 6.45) is 0. The lowest BCUT2D eigenvalue weighted by Crippen LogP contribution is -2.11. The molecule has 1 heterocycles. The first-order valence-corrected chi connectivity index (χ1v) is 10.1. The van der Waals surface area contributed by atoms with Crippen LogP contribution in [0.15, 0.2) is 36.4 Å². The first-order chi connectivity index (χ1) is 12.1. The van der Waals surface area contributed by atoms with Gasteiger partial charge in [0.05, 0.1) is 18.8 Å². The average Bonchev–Trinajstić information content (AvgIpc) is 3.16. The molecule has 2 aromatic rings. The lowest BCUT2D eigenvalue weighted by atomic mass is 10.2. The number of ether oxygens (including phenoxy) is 3. The van der Waals surface area contributed by atoms with Crippen molar-refractivity contribution in [2.75, 3.05) is 25.7 Å². The van der Waals surface area contributed by atoms with Gasteiger partial charge < -0.3 is 14.2 Å². The van der Waals surface area contributed by atoms with E-state index in [9.17, 15) is 4.79 Å². The summed E-state index contributed by atoms with van der Waals surface area (Å²) in [6, 6.07) is 10.5. The van der Waals surface area contributed by atoms with Crippen molar-refractivity contribution in [3.63, 3.8) is 0 Å². The highest BCUT2D eigenvalue weighted by Gasteiger charge is 2.22. The fourth-order valence-electron chi connectivity index (χ4n) is 2.46. The molecule has 0 radical (unpaired) electrons. The summed E-state index contributed by atoms with van der Waals surface area (Å²) >= 11 is 9.79. The minimum atomic E-state index is -0.546. The van der Waals surface area contributed by atoms with Crippen LogP contribution in [0.5, 0.6) is 17.2 Å². The van der Waals surface area contributed by atoms with E-state index in [1.165, 1.54) is 13.2 Å². The van der Waals surface area contributed by atoms with Gasteiger partial charge in [0.25, 0.3) is 0 Å². The molecule has 0 bridgehead atoms. The van der Waals surface area contributed by atoms with Crippen molar-refractivity contribution in [3.8, 4) is 17.2 Å². The van der Waals surface area contributed by atoms with Gasteiger partial charge in [0.2, 0.25) is 0 Å². The third-order valence-corrected chi connectivity index (χ3v) is 7.01. The topological polar surface area (TPSA) is 44.8 Å². The number of hydrogen-bond donors (Lipinski definition) is 0. The second-order valence-corrected chi connectivity index (χ2v) is 8.38. The Morgan fingerprint density at radius 3 is 2.36 bits per heavy atom. The summed E-state index contributed by atoms with van der Waals surface area (Å²) in [6.45, 7) is 0. The number of carbonyl (C=O) groups excluding carboxylic acids is 1. The molecule has 1 fully saturated rings. The first-order valence-electron chi connectivity index (χ1n) is 7.59. The monoisotopic (exact) mass is 396 g/mol. The number of halogens is 1. The van der Waals surface area contributed by atoms with Gasteiger partial charge in [-0.1, -0.05) is 17.7 Å². The average molecular weight is 397 g/mol. The second-order valence-electron chi connectivity index (χ2n) is 5.22. The van der Waals surface area contributed by atoms with Crippen LogP contribution in [0.1, 0.15) is 20.5 Å². The molecule has 0 aliphatic carbocycles. The van der Waals surface area contributed by atoms with Crippen molar-refractivity contribution < 1.29 is 19.0 Å². The Kier molecular flexibility index (Phi) is 6.04. The van der Waals surface area contributed by atoms with Gasteiger partial charge in [0.1, 0.15) is 11.3 Å². The molecule has 0 atom stereocenters. The van der Waals surface area contributed by atoms with E-state index in [1.807, 2.05) is 35.7 Å².